The number of hydrogen-bond acceptors (Lipinski definition) is 6. The highest BCUT2D eigenvalue weighted by molar-refractivity contribution is 7.98. The zero-order valence-electron chi connectivity index (χ0n) is 10.6. The first-order chi connectivity index (χ1) is 10.1. The maximum atomic E-state index is 11.5. The van der Waals surface area contributed by atoms with E-state index in [4.69, 9.17) is 21.1 Å². The second-order valence-electron chi connectivity index (χ2n) is 4.28. The summed E-state index contributed by atoms with van der Waals surface area (Å²) in [6.45, 7) is 0.628. The van der Waals surface area contributed by atoms with Gasteiger partial charge in [-0.15, -0.1) is 0 Å². The topological polar surface area (TPSA) is 97.1 Å². The van der Waals surface area contributed by atoms with Crippen molar-refractivity contribution in [2.45, 2.75) is 17.4 Å². The number of thioether (sulfide) groups is 1. The standard InChI is InChI=1S/C12H10ClN3O4S/c13-8-2-6(1-7-3-19-5-20-9(7)8)4-21-11-10(17)14-12(18)16-15-11/h1-2H,3-5H2,(H2,14,16,17,18). The molecule has 0 aliphatic carbocycles. The van der Waals surface area contributed by atoms with Crippen LogP contribution in [0.25, 0.3) is 0 Å². The molecular weight excluding hydrogens is 318 g/mol. The molecule has 2 N–H and O–H groups in total. The Hall–Kier alpha value is -1.77. The van der Waals surface area contributed by atoms with Crippen LogP contribution in [0.1, 0.15) is 11.1 Å². The maximum absolute atomic E-state index is 11.5. The van der Waals surface area contributed by atoms with Crippen molar-refractivity contribution in [1.29, 1.82) is 0 Å². The zero-order chi connectivity index (χ0) is 14.8. The van der Waals surface area contributed by atoms with E-state index in [0.717, 1.165) is 11.1 Å². The van der Waals surface area contributed by atoms with E-state index in [9.17, 15) is 9.59 Å². The summed E-state index contributed by atoms with van der Waals surface area (Å²) in [4.78, 5) is 24.6. The fourth-order valence-corrected chi connectivity index (χ4v) is 2.98. The molecule has 0 radical (unpaired) electrons. The molecule has 3 rings (SSSR count). The zero-order valence-corrected chi connectivity index (χ0v) is 12.2. The molecule has 0 fully saturated rings. The molecule has 0 bridgehead atoms. The van der Waals surface area contributed by atoms with E-state index in [1.165, 1.54) is 11.8 Å². The first kappa shape index (κ1) is 14.2. The van der Waals surface area contributed by atoms with Gasteiger partial charge in [0.25, 0.3) is 5.56 Å². The first-order valence-corrected chi connectivity index (χ1v) is 7.33. The Balaban J connectivity index is 1.80. The Kier molecular flexibility index (Phi) is 4.00. The molecule has 1 aromatic heterocycles. The average molecular weight is 328 g/mol. The van der Waals surface area contributed by atoms with E-state index in [0.29, 0.717) is 23.1 Å². The number of hydrogen-bond donors (Lipinski definition) is 2. The molecule has 0 unspecified atom stereocenters. The van der Waals surface area contributed by atoms with Crippen LogP contribution in [0.2, 0.25) is 5.02 Å². The van der Waals surface area contributed by atoms with Gasteiger partial charge in [-0.25, -0.2) is 9.89 Å². The third-order valence-electron chi connectivity index (χ3n) is 2.78. The van der Waals surface area contributed by atoms with Crippen LogP contribution in [-0.4, -0.2) is 22.0 Å². The van der Waals surface area contributed by atoms with Gasteiger partial charge in [-0.05, 0) is 17.7 Å². The summed E-state index contributed by atoms with van der Waals surface area (Å²) >= 11 is 7.36. The number of H-pyrrole nitrogens is 2. The molecule has 0 saturated carbocycles. The Morgan fingerprint density at radius 3 is 3.05 bits per heavy atom. The van der Waals surface area contributed by atoms with Gasteiger partial charge in [-0.1, -0.05) is 23.4 Å². The fourth-order valence-electron chi connectivity index (χ4n) is 1.90. The van der Waals surface area contributed by atoms with E-state index < -0.39 is 11.2 Å². The third-order valence-corrected chi connectivity index (χ3v) is 4.09. The van der Waals surface area contributed by atoms with Crippen LogP contribution < -0.4 is 16.0 Å². The predicted octanol–water partition coefficient (Wildman–Crippen LogP) is 1.27. The molecule has 21 heavy (non-hydrogen) atoms. The van der Waals surface area contributed by atoms with Gasteiger partial charge in [0.15, 0.2) is 11.8 Å². The van der Waals surface area contributed by atoms with Crippen molar-refractivity contribution in [2.24, 2.45) is 0 Å². The van der Waals surface area contributed by atoms with Crippen LogP contribution in [0.3, 0.4) is 0 Å². The summed E-state index contributed by atoms with van der Waals surface area (Å²) in [5.74, 6) is 1.12. The molecule has 2 heterocycles. The monoisotopic (exact) mass is 327 g/mol. The van der Waals surface area contributed by atoms with E-state index in [1.54, 1.807) is 6.07 Å². The lowest BCUT2D eigenvalue weighted by Crippen LogP contribution is -2.24. The lowest BCUT2D eigenvalue weighted by atomic mass is 10.1. The van der Waals surface area contributed by atoms with Crippen LogP contribution in [0.15, 0.2) is 26.7 Å². The molecule has 0 spiro atoms. The Labute approximate surface area is 127 Å². The summed E-state index contributed by atoms with van der Waals surface area (Å²) in [6, 6.07) is 3.69. The lowest BCUT2D eigenvalue weighted by Gasteiger charge is -2.19. The average Bonchev–Trinajstić information content (AvgIpc) is 2.46. The first-order valence-electron chi connectivity index (χ1n) is 5.97. The Morgan fingerprint density at radius 1 is 1.38 bits per heavy atom. The van der Waals surface area contributed by atoms with Crippen molar-refractivity contribution in [3.63, 3.8) is 0 Å². The van der Waals surface area contributed by atoms with Gasteiger partial charge in [0, 0.05) is 11.3 Å². The SMILES string of the molecule is O=c1[nH]nc(SCc2cc(Cl)c3c(c2)COCO3)c(=O)[nH]1. The fraction of sp³-hybridized carbons (Fsp3) is 0.250. The van der Waals surface area contributed by atoms with Crippen molar-refractivity contribution >= 4 is 23.4 Å². The van der Waals surface area contributed by atoms with E-state index in [-0.39, 0.29) is 11.8 Å². The Bertz CT molecular complexity index is 789. The molecule has 0 atom stereocenters. The van der Waals surface area contributed by atoms with Crippen molar-refractivity contribution in [3.8, 4) is 5.75 Å². The molecule has 1 aromatic carbocycles. The summed E-state index contributed by atoms with van der Waals surface area (Å²) in [5.41, 5.74) is 0.632. The van der Waals surface area contributed by atoms with Crippen molar-refractivity contribution in [1.82, 2.24) is 15.2 Å². The summed E-state index contributed by atoms with van der Waals surface area (Å²) in [5, 5.41) is 6.59. The van der Waals surface area contributed by atoms with Crippen molar-refractivity contribution < 1.29 is 9.47 Å². The number of aromatic nitrogens is 3. The van der Waals surface area contributed by atoms with Crippen molar-refractivity contribution in [2.75, 3.05) is 6.79 Å². The van der Waals surface area contributed by atoms with Gasteiger partial charge in [-0.2, -0.15) is 5.10 Å². The number of nitrogens with zero attached hydrogens (tertiary/aromatic N) is 1. The van der Waals surface area contributed by atoms with E-state index >= 15 is 0 Å². The highest BCUT2D eigenvalue weighted by Gasteiger charge is 2.16. The molecule has 1 aliphatic rings. The lowest BCUT2D eigenvalue weighted by molar-refractivity contribution is -0.0163. The second-order valence-corrected chi connectivity index (χ2v) is 5.65. The maximum Gasteiger partial charge on any atom is 0.342 e. The summed E-state index contributed by atoms with van der Waals surface area (Å²) in [6.07, 6.45) is 0. The van der Waals surface area contributed by atoms with Crippen LogP contribution >= 0.6 is 23.4 Å². The van der Waals surface area contributed by atoms with Gasteiger partial charge in [0.05, 0.1) is 11.6 Å². The molecule has 0 amide bonds. The molecule has 0 saturated heterocycles. The summed E-state index contributed by atoms with van der Waals surface area (Å²) in [7, 11) is 0. The van der Waals surface area contributed by atoms with Crippen LogP contribution in [0.5, 0.6) is 5.75 Å². The van der Waals surface area contributed by atoms with Gasteiger partial charge >= 0.3 is 5.69 Å². The molecule has 110 valence electrons. The highest BCUT2D eigenvalue weighted by Crippen LogP contribution is 2.34. The number of nitrogens with one attached hydrogen (secondary N) is 2. The van der Waals surface area contributed by atoms with Crippen LogP contribution in [0.4, 0.5) is 0 Å². The number of halogens is 1. The van der Waals surface area contributed by atoms with Gasteiger partial charge in [0.1, 0.15) is 5.75 Å². The highest BCUT2D eigenvalue weighted by atomic mass is 35.5. The molecular formula is C12H10ClN3O4S. The summed E-state index contributed by atoms with van der Waals surface area (Å²) < 4.78 is 10.5. The molecule has 2 aromatic rings. The number of ether oxygens (including phenoxy) is 2. The van der Waals surface area contributed by atoms with Gasteiger partial charge < -0.3 is 9.47 Å². The number of benzene rings is 1. The van der Waals surface area contributed by atoms with Gasteiger partial charge in [-0.3, -0.25) is 9.78 Å². The smallest absolute Gasteiger partial charge is 0.342 e. The number of rotatable bonds is 3. The molecule has 7 nitrogen and oxygen atoms in total. The van der Waals surface area contributed by atoms with E-state index in [2.05, 4.69) is 15.2 Å². The quantitative estimate of drug-likeness (QED) is 0.824. The normalized spacial score (nSPS) is 13.6. The predicted molar refractivity (Wildman–Crippen MR) is 76.8 cm³/mol. The van der Waals surface area contributed by atoms with Crippen molar-refractivity contribution in [3.05, 3.63) is 49.1 Å². The minimum Gasteiger partial charge on any atom is -0.466 e. The number of aromatic amines is 2. The Morgan fingerprint density at radius 2 is 2.24 bits per heavy atom. The van der Waals surface area contributed by atoms with Crippen LogP contribution in [-0.2, 0) is 17.1 Å². The third kappa shape index (κ3) is 3.12. The molecule has 9 heteroatoms. The van der Waals surface area contributed by atoms with Crippen LogP contribution in [0, 0.1) is 0 Å². The number of fused-ring (bicyclic) bond motifs is 1. The molecule has 1 aliphatic heterocycles. The largest absolute Gasteiger partial charge is 0.466 e. The minimum absolute atomic E-state index is 0.191. The second kappa shape index (κ2) is 5.92. The minimum atomic E-state index is -0.629. The van der Waals surface area contributed by atoms with Gasteiger partial charge in [0.2, 0.25) is 0 Å². The van der Waals surface area contributed by atoms with E-state index in [1.807, 2.05) is 6.07 Å².